The lowest BCUT2D eigenvalue weighted by Gasteiger charge is -2.11. The molecule has 0 saturated heterocycles. The largest absolute Gasteiger partial charge is 0.360 e. The molecule has 0 spiro atoms. The number of anilines is 1. The minimum atomic E-state index is -0.0304. The van der Waals surface area contributed by atoms with Crippen molar-refractivity contribution in [3.8, 4) is 0 Å². The molecular weight excluding hydrogens is 298 g/mol. The third-order valence-electron chi connectivity index (χ3n) is 3.20. The van der Waals surface area contributed by atoms with E-state index in [1.165, 1.54) is 4.88 Å². The molecule has 0 fully saturated rings. The first kappa shape index (κ1) is 16.6. The zero-order chi connectivity index (χ0) is 16.1. The molecule has 6 nitrogen and oxygen atoms in total. The average Bonchev–Trinajstić information content (AvgIpc) is 2.87. The Balaban J connectivity index is 2.01. The smallest absolute Gasteiger partial charge is 0.239 e. The van der Waals surface area contributed by atoms with Crippen LogP contribution in [0.1, 0.15) is 17.6 Å². The molecule has 0 aliphatic carbocycles. The Bertz CT molecular complexity index is 653. The van der Waals surface area contributed by atoms with Gasteiger partial charge < -0.3 is 15.5 Å². The van der Waals surface area contributed by atoms with Crippen LogP contribution in [0.4, 0.5) is 5.82 Å². The molecule has 2 aromatic rings. The number of hydrogen-bond acceptors (Lipinski definition) is 6. The number of rotatable bonds is 7. The predicted molar refractivity (Wildman–Crippen MR) is 91.6 cm³/mol. The van der Waals surface area contributed by atoms with E-state index in [9.17, 15) is 4.79 Å². The van der Waals surface area contributed by atoms with Crippen molar-refractivity contribution in [3.05, 3.63) is 16.8 Å². The summed E-state index contributed by atoms with van der Waals surface area (Å²) in [5.41, 5.74) is 0. The summed E-state index contributed by atoms with van der Waals surface area (Å²) in [6.45, 7) is 5.68. The van der Waals surface area contributed by atoms with Crippen molar-refractivity contribution < 1.29 is 4.79 Å². The fraction of sp³-hybridized carbons (Fsp3) is 0.533. The summed E-state index contributed by atoms with van der Waals surface area (Å²) in [7, 11) is 3.96. The number of carbonyl (C=O) groups excluding carboxylic acids is 1. The first-order valence-corrected chi connectivity index (χ1v) is 8.23. The SMILES string of the molecule is CCc1cc2c(NCC(=O)NCCN(C)C)nc(C)nc2s1. The second kappa shape index (κ2) is 7.51. The summed E-state index contributed by atoms with van der Waals surface area (Å²) in [4.78, 5) is 25.0. The van der Waals surface area contributed by atoms with Crippen molar-refractivity contribution in [2.75, 3.05) is 39.0 Å². The number of thiophene rings is 1. The molecule has 0 radical (unpaired) electrons. The van der Waals surface area contributed by atoms with Crippen molar-refractivity contribution in [1.29, 1.82) is 0 Å². The number of aromatic nitrogens is 2. The lowest BCUT2D eigenvalue weighted by molar-refractivity contribution is -0.119. The summed E-state index contributed by atoms with van der Waals surface area (Å²) in [6, 6.07) is 2.10. The molecule has 2 heterocycles. The number of aryl methyl sites for hydroxylation is 2. The van der Waals surface area contributed by atoms with E-state index in [1.54, 1.807) is 11.3 Å². The Hall–Kier alpha value is -1.73. The maximum Gasteiger partial charge on any atom is 0.239 e. The van der Waals surface area contributed by atoms with Crippen molar-refractivity contribution in [2.45, 2.75) is 20.3 Å². The summed E-state index contributed by atoms with van der Waals surface area (Å²) in [5, 5.41) is 7.01. The van der Waals surface area contributed by atoms with Crippen molar-refractivity contribution in [3.63, 3.8) is 0 Å². The van der Waals surface area contributed by atoms with Gasteiger partial charge in [0.1, 0.15) is 16.5 Å². The lowest BCUT2D eigenvalue weighted by atomic mass is 10.3. The number of hydrogen-bond donors (Lipinski definition) is 2. The number of fused-ring (bicyclic) bond motifs is 1. The highest BCUT2D eigenvalue weighted by Gasteiger charge is 2.10. The molecule has 0 aliphatic rings. The predicted octanol–water partition coefficient (Wildman–Crippen LogP) is 1.65. The summed E-state index contributed by atoms with van der Waals surface area (Å²) >= 11 is 1.68. The standard InChI is InChI=1S/C15H23N5OS/c1-5-11-8-12-14(18-10(2)19-15(12)22-11)17-9-13(21)16-6-7-20(3)4/h8H,5-7,9H2,1-4H3,(H,16,21)(H,17,18,19). The second-order valence-electron chi connectivity index (χ2n) is 5.41. The molecule has 2 aromatic heterocycles. The van der Waals surface area contributed by atoms with Crippen LogP contribution < -0.4 is 10.6 Å². The highest BCUT2D eigenvalue weighted by Crippen LogP contribution is 2.29. The van der Waals surface area contributed by atoms with E-state index in [2.05, 4.69) is 33.6 Å². The Morgan fingerprint density at radius 2 is 2.14 bits per heavy atom. The van der Waals surface area contributed by atoms with Crippen LogP contribution in [0.25, 0.3) is 10.2 Å². The normalized spacial score (nSPS) is 11.1. The fourth-order valence-electron chi connectivity index (χ4n) is 2.03. The van der Waals surface area contributed by atoms with Crippen molar-refractivity contribution >= 4 is 33.3 Å². The van der Waals surface area contributed by atoms with Crippen LogP contribution in [0.2, 0.25) is 0 Å². The van der Waals surface area contributed by atoms with Gasteiger partial charge in [-0.05, 0) is 33.5 Å². The molecule has 1 amide bonds. The topological polar surface area (TPSA) is 70.2 Å². The number of carbonyl (C=O) groups is 1. The minimum absolute atomic E-state index is 0.0304. The Kier molecular flexibility index (Phi) is 5.68. The van der Waals surface area contributed by atoms with E-state index in [1.807, 2.05) is 25.9 Å². The third kappa shape index (κ3) is 4.38. The van der Waals surface area contributed by atoms with Crippen LogP contribution in [0.15, 0.2) is 6.07 Å². The third-order valence-corrected chi connectivity index (χ3v) is 4.37. The second-order valence-corrected chi connectivity index (χ2v) is 6.53. The quantitative estimate of drug-likeness (QED) is 0.811. The van der Waals surface area contributed by atoms with E-state index in [0.29, 0.717) is 12.4 Å². The first-order valence-electron chi connectivity index (χ1n) is 7.42. The van der Waals surface area contributed by atoms with Gasteiger partial charge in [0.2, 0.25) is 5.91 Å². The van der Waals surface area contributed by atoms with Crippen LogP contribution in [0.3, 0.4) is 0 Å². The molecular formula is C15H23N5OS. The first-order chi connectivity index (χ1) is 10.5. The monoisotopic (exact) mass is 321 g/mol. The average molecular weight is 321 g/mol. The molecule has 0 saturated carbocycles. The van der Waals surface area contributed by atoms with E-state index in [-0.39, 0.29) is 12.5 Å². The van der Waals surface area contributed by atoms with Crippen LogP contribution >= 0.6 is 11.3 Å². The van der Waals surface area contributed by atoms with Gasteiger partial charge in [-0.2, -0.15) is 0 Å². The fourth-order valence-corrected chi connectivity index (χ4v) is 3.05. The number of likely N-dealkylation sites (N-methyl/N-ethyl adjacent to an activating group) is 1. The van der Waals surface area contributed by atoms with Crippen LogP contribution in [0.5, 0.6) is 0 Å². The highest BCUT2D eigenvalue weighted by atomic mass is 32.1. The van der Waals surface area contributed by atoms with Gasteiger partial charge in [0.15, 0.2) is 0 Å². The molecule has 0 bridgehead atoms. The molecule has 120 valence electrons. The van der Waals surface area contributed by atoms with Gasteiger partial charge in [0.25, 0.3) is 0 Å². The summed E-state index contributed by atoms with van der Waals surface area (Å²) in [6.07, 6.45) is 0.977. The minimum Gasteiger partial charge on any atom is -0.360 e. The number of nitrogens with one attached hydrogen (secondary N) is 2. The van der Waals surface area contributed by atoms with Gasteiger partial charge in [-0.1, -0.05) is 6.92 Å². The zero-order valence-electron chi connectivity index (χ0n) is 13.6. The van der Waals surface area contributed by atoms with Crippen molar-refractivity contribution in [2.24, 2.45) is 0 Å². The maximum atomic E-state index is 11.8. The van der Waals surface area contributed by atoms with Gasteiger partial charge in [-0.25, -0.2) is 9.97 Å². The Labute approximate surface area is 134 Å². The molecule has 22 heavy (non-hydrogen) atoms. The molecule has 0 aliphatic heterocycles. The molecule has 7 heteroatoms. The number of amides is 1. The van der Waals surface area contributed by atoms with E-state index in [0.717, 1.165) is 29.0 Å². The molecule has 2 N–H and O–H groups in total. The van der Waals surface area contributed by atoms with Crippen molar-refractivity contribution in [1.82, 2.24) is 20.2 Å². The van der Waals surface area contributed by atoms with Gasteiger partial charge in [0.05, 0.1) is 11.9 Å². The van der Waals surface area contributed by atoms with E-state index >= 15 is 0 Å². The highest BCUT2D eigenvalue weighted by molar-refractivity contribution is 7.18. The van der Waals surface area contributed by atoms with Gasteiger partial charge in [-0.3, -0.25) is 4.79 Å². The summed E-state index contributed by atoms with van der Waals surface area (Å²) in [5.74, 6) is 1.42. The molecule has 2 rings (SSSR count). The van der Waals surface area contributed by atoms with Gasteiger partial charge in [-0.15, -0.1) is 11.3 Å². The molecule has 0 atom stereocenters. The van der Waals surface area contributed by atoms with Crippen LogP contribution in [0, 0.1) is 6.92 Å². The Morgan fingerprint density at radius 3 is 2.82 bits per heavy atom. The zero-order valence-corrected chi connectivity index (χ0v) is 14.4. The van der Waals surface area contributed by atoms with E-state index < -0.39 is 0 Å². The summed E-state index contributed by atoms with van der Waals surface area (Å²) < 4.78 is 0. The van der Waals surface area contributed by atoms with Crippen LogP contribution in [-0.2, 0) is 11.2 Å². The molecule has 0 aromatic carbocycles. The maximum absolute atomic E-state index is 11.8. The Morgan fingerprint density at radius 1 is 1.36 bits per heavy atom. The number of nitrogens with zero attached hydrogens (tertiary/aromatic N) is 3. The molecule has 0 unspecified atom stereocenters. The van der Waals surface area contributed by atoms with Gasteiger partial charge in [0, 0.05) is 18.0 Å². The van der Waals surface area contributed by atoms with E-state index in [4.69, 9.17) is 0 Å². The van der Waals surface area contributed by atoms with Gasteiger partial charge >= 0.3 is 0 Å². The van der Waals surface area contributed by atoms with Crippen LogP contribution in [-0.4, -0.2) is 54.5 Å². The lowest BCUT2D eigenvalue weighted by Crippen LogP contribution is -2.35.